The average Bonchev–Trinajstić information content (AvgIpc) is 3.68. The van der Waals surface area contributed by atoms with Crippen molar-refractivity contribution < 1.29 is 73.0 Å². The van der Waals surface area contributed by atoms with Crippen molar-refractivity contribution in [3.05, 3.63) is 102 Å². The molecule has 0 radical (unpaired) electrons. The van der Waals surface area contributed by atoms with E-state index >= 15 is 0 Å². The lowest BCUT2D eigenvalue weighted by Crippen LogP contribution is -2.53. The van der Waals surface area contributed by atoms with Gasteiger partial charge in [-0.05, 0) is 85.7 Å². The number of amides is 7. The molecule has 0 spiro atoms. The standard InChI is InChI=1S/C48H58N8O15/c1-29(57)42(45(64)65)71-47(46(66)67)70-37-12-10-32(24-35(37)54-39(59)16-21-52-43(62)36(26-49)56-40(60)14-15-41(56)61)28-69-48(68)53-34-9-4-8-33(25-34)44(63)55-22-17-30(18-23-55)6-2-3-20-51-38(58)13-11-31-7-5-19-50-27-31/h4-5,7-15,19,24-25,27,29-30,36,42,46-47,57,66-67H,2-3,6,16-18,20-23,26,28,49H2,1H3,(H,51,58)(H,52,62)(H,53,68)(H,54,59)(H,64,65)/b13-11+. The van der Waals surface area contributed by atoms with Crippen LogP contribution < -0.4 is 31.7 Å². The molecule has 7 amide bonds. The second kappa shape index (κ2) is 27.0. The number of carboxylic acids is 1. The molecule has 0 bridgehead atoms. The number of benzene rings is 2. The smallest absolute Gasteiger partial charge is 0.411 e. The summed E-state index contributed by atoms with van der Waals surface area (Å²) in [7, 11) is 0. The van der Waals surface area contributed by atoms with Crippen LogP contribution in [0.3, 0.4) is 0 Å². The third-order valence-corrected chi connectivity index (χ3v) is 11.2. The summed E-state index contributed by atoms with van der Waals surface area (Å²) < 4.78 is 16.1. The summed E-state index contributed by atoms with van der Waals surface area (Å²) in [5.41, 5.74) is 7.22. The fraction of sp³-hybridized carbons (Fsp3) is 0.396. The average molecular weight is 987 g/mol. The summed E-state index contributed by atoms with van der Waals surface area (Å²) in [6, 6.07) is 12.6. The molecular weight excluding hydrogens is 929 g/mol. The first-order chi connectivity index (χ1) is 34.0. The van der Waals surface area contributed by atoms with Gasteiger partial charge in [0, 0.05) is 81.0 Å². The van der Waals surface area contributed by atoms with Gasteiger partial charge in [-0.1, -0.05) is 31.0 Å². The van der Waals surface area contributed by atoms with Crippen molar-refractivity contribution in [2.75, 3.05) is 43.4 Å². The lowest BCUT2D eigenvalue weighted by Gasteiger charge is -2.32. The van der Waals surface area contributed by atoms with Gasteiger partial charge in [-0.3, -0.25) is 44.0 Å². The van der Waals surface area contributed by atoms with Crippen LogP contribution in [0.4, 0.5) is 16.2 Å². The molecule has 23 heteroatoms. The van der Waals surface area contributed by atoms with E-state index in [-0.39, 0.29) is 41.0 Å². The number of likely N-dealkylation sites (tertiary alicyclic amines) is 1. The molecule has 4 unspecified atom stereocenters. The number of imide groups is 1. The molecule has 3 heterocycles. The molecule has 0 aliphatic carbocycles. The van der Waals surface area contributed by atoms with Crippen LogP contribution in [-0.2, 0) is 44.8 Å². The maximum Gasteiger partial charge on any atom is 0.411 e. The molecule has 1 aromatic heterocycles. The minimum Gasteiger partial charge on any atom is -0.479 e. The predicted octanol–water partition coefficient (Wildman–Crippen LogP) is 1.25. The van der Waals surface area contributed by atoms with Crippen LogP contribution in [0.25, 0.3) is 6.08 Å². The van der Waals surface area contributed by atoms with Crippen LogP contribution in [-0.4, -0.2) is 146 Å². The monoisotopic (exact) mass is 986 g/mol. The van der Waals surface area contributed by atoms with Gasteiger partial charge in [-0.2, -0.15) is 0 Å². The Kier molecular flexibility index (Phi) is 20.7. The third-order valence-electron chi connectivity index (χ3n) is 11.2. The largest absolute Gasteiger partial charge is 0.479 e. The predicted molar refractivity (Wildman–Crippen MR) is 252 cm³/mol. The normalized spacial score (nSPS) is 15.5. The SMILES string of the molecule is CC(O)C(OC(Oc1ccc(COC(=O)Nc2cccc(C(=O)N3CCC(CCCCNC(=O)/C=C/c4cccnc4)CC3)c2)cc1NC(=O)CCNC(=O)C(CN)N1C(=O)C=CC1=O)C(O)O)C(=O)O. The fourth-order valence-electron chi connectivity index (χ4n) is 7.47. The van der Waals surface area contributed by atoms with Crippen molar-refractivity contribution in [3.63, 3.8) is 0 Å². The van der Waals surface area contributed by atoms with Gasteiger partial charge in [-0.25, -0.2) is 9.59 Å². The van der Waals surface area contributed by atoms with Gasteiger partial charge in [-0.15, -0.1) is 0 Å². The minimum absolute atomic E-state index is 0.164. The zero-order chi connectivity index (χ0) is 51.5. The summed E-state index contributed by atoms with van der Waals surface area (Å²) in [5.74, 6) is -4.87. The summed E-state index contributed by atoms with van der Waals surface area (Å²) >= 11 is 0. The molecule has 2 aromatic carbocycles. The summed E-state index contributed by atoms with van der Waals surface area (Å²) in [5, 5.41) is 49.8. The van der Waals surface area contributed by atoms with Crippen LogP contribution >= 0.6 is 0 Å². The number of pyridine rings is 1. The molecule has 2 aliphatic heterocycles. The Morgan fingerprint density at radius 3 is 2.32 bits per heavy atom. The second-order valence-electron chi connectivity index (χ2n) is 16.5. The molecule has 23 nitrogen and oxygen atoms in total. The first kappa shape index (κ1) is 54.4. The number of carbonyl (C=O) groups is 8. The lowest BCUT2D eigenvalue weighted by atomic mass is 9.91. The number of aliphatic hydroxyl groups is 3. The highest BCUT2D eigenvalue weighted by molar-refractivity contribution is 6.15. The highest BCUT2D eigenvalue weighted by atomic mass is 16.7. The zero-order valence-electron chi connectivity index (χ0n) is 38.8. The van der Waals surface area contributed by atoms with Crippen molar-refractivity contribution in [2.45, 2.75) is 82.9 Å². The van der Waals surface area contributed by atoms with Crippen molar-refractivity contribution in [1.29, 1.82) is 0 Å². The molecule has 2 aliphatic rings. The summed E-state index contributed by atoms with van der Waals surface area (Å²) in [6.07, 6.45) is 3.48. The molecule has 1 fully saturated rings. The molecule has 10 N–H and O–H groups in total. The highest BCUT2D eigenvalue weighted by Gasteiger charge is 2.35. The number of ether oxygens (including phenoxy) is 3. The van der Waals surface area contributed by atoms with E-state index in [0.29, 0.717) is 36.0 Å². The van der Waals surface area contributed by atoms with Crippen LogP contribution in [0.1, 0.15) is 66.9 Å². The molecule has 5 rings (SSSR count). The Morgan fingerprint density at radius 1 is 0.915 bits per heavy atom. The lowest BCUT2D eigenvalue weighted by molar-refractivity contribution is -0.247. The number of carboxylic acid groups (broad SMARTS) is 1. The fourth-order valence-corrected chi connectivity index (χ4v) is 7.47. The van der Waals surface area contributed by atoms with Gasteiger partial charge >= 0.3 is 12.1 Å². The Labute approximate surface area is 408 Å². The molecule has 1 saturated heterocycles. The number of nitrogens with one attached hydrogen (secondary N) is 4. The zero-order valence-corrected chi connectivity index (χ0v) is 38.8. The highest BCUT2D eigenvalue weighted by Crippen LogP contribution is 2.29. The Bertz CT molecular complexity index is 2410. The molecule has 380 valence electrons. The Hall–Kier alpha value is -7.57. The number of hydrogen-bond donors (Lipinski definition) is 9. The first-order valence-electron chi connectivity index (χ1n) is 22.8. The molecule has 0 saturated carbocycles. The van der Waals surface area contributed by atoms with Crippen LogP contribution in [0.2, 0.25) is 0 Å². The van der Waals surface area contributed by atoms with Crippen LogP contribution in [0, 0.1) is 5.92 Å². The number of aliphatic carboxylic acids is 1. The van der Waals surface area contributed by atoms with E-state index in [1.807, 2.05) is 6.07 Å². The van der Waals surface area contributed by atoms with Crippen LogP contribution in [0.5, 0.6) is 5.75 Å². The van der Waals surface area contributed by atoms with E-state index in [4.69, 9.17) is 19.9 Å². The van der Waals surface area contributed by atoms with Gasteiger partial charge in [0.25, 0.3) is 24.0 Å². The number of carbonyl (C=O) groups excluding carboxylic acids is 7. The minimum atomic E-state index is -2.45. The number of aliphatic hydroxyl groups excluding tert-OH is 2. The molecule has 3 aromatic rings. The van der Waals surface area contributed by atoms with Crippen molar-refractivity contribution >= 4 is 65.0 Å². The molecule has 71 heavy (non-hydrogen) atoms. The number of anilines is 2. The number of piperidine rings is 1. The van der Waals surface area contributed by atoms with E-state index in [2.05, 4.69) is 26.3 Å². The number of rotatable bonds is 25. The third kappa shape index (κ3) is 16.8. The van der Waals surface area contributed by atoms with Gasteiger partial charge in [0.15, 0.2) is 6.10 Å². The number of unbranched alkanes of at least 4 members (excludes halogenated alkanes) is 1. The van der Waals surface area contributed by atoms with Crippen LogP contribution in [0.15, 0.2) is 85.2 Å². The maximum absolute atomic E-state index is 13.5. The van der Waals surface area contributed by atoms with Crippen molar-refractivity contribution in [2.24, 2.45) is 11.7 Å². The van der Waals surface area contributed by atoms with Gasteiger partial charge in [0.05, 0.1) is 11.8 Å². The topological polar surface area (TPSA) is 339 Å². The van der Waals surface area contributed by atoms with E-state index in [1.54, 1.807) is 47.6 Å². The molecule has 4 atom stereocenters. The van der Waals surface area contributed by atoms with Gasteiger partial charge in [0.1, 0.15) is 18.4 Å². The quantitative estimate of drug-likeness (QED) is 0.0250. The first-order valence-corrected chi connectivity index (χ1v) is 22.8. The van der Waals surface area contributed by atoms with E-state index in [0.717, 1.165) is 56.7 Å². The second-order valence-corrected chi connectivity index (χ2v) is 16.5. The van der Waals surface area contributed by atoms with Gasteiger partial charge < -0.3 is 61.2 Å². The number of aromatic nitrogens is 1. The maximum atomic E-state index is 13.5. The summed E-state index contributed by atoms with van der Waals surface area (Å²) in [4.78, 5) is 107. The number of nitrogens with two attached hydrogens (primary N) is 1. The van der Waals surface area contributed by atoms with E-state index < -0.39 is 86.1 Å². The Morgan fingerprint density at radius 2 is 1.66 bits per heavy atom. The van der Waals surface area contributed by atoms with Crippen molar-refractivity contribution in [1.82, 2.24) is 25.4 Å². The number of hydrogen-bond acceptors (Lipinski definition) is 16. The van der Waals surface area contributed by atoms with Crippen molar-refractivity contribution in [3.8, 4) is 5.75 Å². The number of nitrogens with zero attached hydrogens (tertiary/aromatic N) is 3. The Balaban J connectivity index is 1.13. The molecular formula is C48H58N8O15. The van der Waals surface area contributed by atoms with E-state index in [1.165, 1.54) is 30.3 Å². The van der Waals surface area contributed by atoms with Gasteiger partial charge in [0.2, 0.25) is 24.0 Å². The summed E-state index contributed by atoms with van der Waals surface area (Å²) in [6.45, 7) is 1.70. The van der Waals surface area contributed by atoms with E-state index in [9.17, 15) is 58.8 Å².